The van der Waals surface area contributed by atoms with E-state index in [2.05, 4.69) is 27.6 Å². The van der Waals surface area contributed by atoms with E-state index in [-0.39, 0.29) is 18.4 Å². The second-order valence-electron chi connectivity index (χ2n) is 4.68. The Balaban J connectivity index is 0.00000220. The average molecular weight is 309 g/mol. The lowest BCUT2D eigenvalue weighted by Gasteiger charge is -2.20. The molecular weight excluding hydrogens is 288 g/mol. The molecule has 0 amide bonds. The van der Waals surface area contributed by atoms with Crippen LogP contribution in [0.25, 0.3) is 10.9 Å². The zero-order chi connectivity index (χ0) is 14.4. The number of esters is 1. The van der Waals surface area contributed by atoms with E-state index in [1.807, 2.05) is 30.5 Å². The van der Waals surface area contributed by atoms with Crippen LogP contribution in [0.1, 0.15) is 18.9 Å². The maximum atomic E-state index is 11.2. The monoisotopic (exact) mass is 308 g/mol. The van der Waals surface area contributed by atoms with E-state index in [0.717, 1.165) is 18.6 Å². The molecule has 0 atom stereocenters. The van der Waals surface area contributed by atoms with Crippen LogP contribution in [0.5, 0.6) is 0 Å². The van der Waals surface area contributed by atoms with E-state index in [9.17, 15) is 4.79 Å². The predicted molar refractivity (Wildman–Crippen MR) is 86.6 cm³/mol. The highest BCUT2D eigenvalue weighted by atomic mass is 35.5. The maximum absolute atomic E-state index is 11.2. The van der Waals surface area contributed by atoms with Crippen LogP contribution in [0.2, 0.25) is 0 Å². The Bertz CT molecular complexity index is 584. The summed E-state index contributed by atoms with van der Waals surface area (Å²) >= 11 is 0. The summed E-state index contributed by atoms with van der Waals surface area (Å²) in [6.07, 6.45) is 2.26. The Kier molecular flexibility index (Phi) is 7.12. The van der Waals surface area contributed by atoms with Gasteiger partial charge in [0, 0.05) is 24.7 Å². The fourth-order valence-corrected chi connectivity index (χ4v) is 2.23. The van der Waals surface area contributed by atoms with Crippen molar-refractivity contribution in [1.29, 1.82) is 0 Å². The van der Waals surface area contributed by atoms with Gasteiger partial charge in [0.15, 0.2) is 0 Å². The lowest BCUT2D eigenvalue weighted by Crippen LogP contribution is -2.26. The number of fused-ring (bicyclic) bond motifs is 1. The van der Waals surface area contributed by atoms with Crippen molar-refractivity contribution in [2.75, 3.05) is 20.2 Å². The molecule has 1 aromatic carbocycles. The number of ether oxygens (including phenoxy) is 1. The van der Waals surface area contributed by atoms with Crippen molar-refractivity contribution in [3.63, 3.8) is 0 Å². The third kappa shape index (κ3) is 4.69. The van der Waals surface area contributed by atoms with Gasteiger partial charge in [0.2, 0.25) is 0 Å². The van der Waals surface area contributed by atoms with E-state index in [1.54, 1.807) is 0 Å². The molecule has 5 heteroatoms. The fourth-order valence-electron chi connectivity index (χ4n) is 2.23. The molecule has 1 heterocycles. The van der Waals surface area contributed by atoms with Crippen molar-refractivity contribution in [1.82, 2.24) is 9.88 Å². The Morgan fingerprint density at radius 2 is 2.05 bits per heavy atom. The van der Waals surface area contributed by atoms with Crippen molar-refractivity contribution < 1.29 is 9.53 Å². The van der Waals surface area contributed by atoms with E-state index in [0.29, 0.717) is 13.0 Å². The summed E-state index contributed by atoms with van der Waals surface area (Å²) in [7, 11) is 1.43. The first kappa shape index (κ1) is 17.4. The molecule has 0 bridgehead atoms. The number of rotatable bonds is 6. The molecule has 0 radical (unpaired) electrons. The van der Waals surface area contributed by atoms with Crippen molar-refractivity contribution in [3.8, 4) is 0 Å². The zero-order valence-corrected chi connectivity index (χ0v) is 13.2. The van der Waals surface area contributed by atoms with Gasteiger partial charge in [0.25, 0.3) is 0 Å². The summed E-state index contributed by atoms with van der Waals surface area (Å²) in [5, 5.41) is 1.17. The van der Waals surface area contributed by atoms with E-state index >= 15 is 0 Å². The van der Waals surface area contributed by atoms with Gasteiger partial charge in [-0.25, -0.2) is 0 Å². The maximum Gasteiger partial charge on any atom is 0.306 e. The molecular formula is C16H21ClN2O2. The quantitative estimate of drug-likeness (QED) is 0.769. The van der Waals surface area contributed by atoms with E-state index < -0.39 is 0 Å². The SMILES string of the molecule is CCN(CCC(=O)OC)Cc1ccnc2ccccc12.Cl. The van der Waals surface area contributed by atoms with Gasteiger partial charge in [-0.1, -0.05) is 25.1 Å². The lowest BCUT2D eigenvalue weighted by molar-refractivity contribution is -0.141. The number of pyridine rings is 1. The number of nitrogens with zero attached hydrogens (tertiary/aromatic N) is 2. The minimum atomic E-state index is -0.164. The molecule has 0 spiro atoms. The summed E-state index contributed by atoms with van der Waals surface area (Å²) in [5.41, 5.74) is 2.25. The molecule has 0 aliphatic rings. The summed E-state index contributed by atoms with van der Waals surface area (Å²) < 4.78 is 4.69. The fraction of sp³-hybridized carbons (Fsp3) is 0.375. The standard InChI is InChI=1S/C16H20N2O2.ClH/c1-3-18(11-9-16(19)20-2)12-13-8-10-17-15-7-5-4-6-14(13)15;/h4-8,10H,3,9,11-12H2,1-2H3;1H. The number of hydrogen-bond donors (Lipinski definition) is 0. The molecule has 0 aliphatic carbocycles. The van der Waals surface area contributed by atoms with E-state index in [4.69, 9.17) is 0 Å². The molecule has 2 aromatic rings. The first-order valence-corrected chi connectivity index (χ1v) is 6.86. The Labute approximate surface area is 131 Å². The number of carbonyl (C=O) groups excluding carboxylic acids is 1. The molecule has 2 rings (SSSR count). The molecule has 0 aliphatic heterocycles. The van der Waals surface area contributed by atoms with Gasteiger partial charge >= 0.3 is 5.97 Å². The second kappa shape index (κ2) is 8.60. The molecule has 0 saturated carbocycles. The van der Waals surface area contributed by atoms with Gasteiger partial charge in [-0.05, 0) is 24.2 Å². The molecule has 0 saturated heterocycles. The molecule has 21 heavy (non-hydrogen) atoms. The van der Waals surface area contributed by atoms with Crippen molar-refractivity contribution in [3.05, 3.63) is 42.1 Å². The van der Waals surface area contributed by atoms with Gasteiger partial charge in [-0.3, -0.25) is 14.7 Å². The Morgan fingerprint density at radius 3 is 2.76 bits per heavy atom. The number of para-hydroxylation sites is 1. The molecule has 0 N–H and O–H groups in total. The van der Waals surface area contributed by atoms with Crippen LogP contribution in [0.15, 0.2) is 36.5 Å². The van der Waals surface area contributed by atoms with Crippen LogP contribution < -0.4 is 0 Å². The van der Waals surface area contributed by atoms with Crippen LogP contribution in [-0.2, 0) is 16.1 Å². The highest BCUT2D eigenvalue weighted by Crippen LogP contribution is 2.17. The molecule has 4 nitrogen and oxygen atoms in total. The van der Waals surface area contributed by atoms with Crippen LogP contribution in [0, 0.1) is 0 Å². The van der Waals surface area contributed by atoms with Crippen LogP contribution in [-0.4, -0.2) is 36.1 Å². The van der Waals surface area contributed by atoms with Gasteiger partial charge < -0.3 is 4.74 Å². The summed E-state index contributed by atoms with van der Waals surface area (Å²) in [5.74, 6) is -0.164. The second-order valence-corrected chi connectivity index (χ2v) is 4.68. The summed E-state index contributed by atoms with van der Waals surface area (Å²) in [6.45, 7) is 4.52. The van der Waals surface area contributed by atoms with Gasteiger partial charge in [-0.2, -0.15) is 0 Å². The topological polar surface area (TPSA) is 42.4 Å². The normalized spacial score (nSPS) is 10.4. The number of benzene rings is 1. The third-order valence-corrected chi connectivity index (χ3v) is 3.44. The highest BCUT2D eigenvalue weighted by Gasteiger charge is 2.09. The number of halogens is 1. The molecule has 1 aromatic heterocycles. The first-order valence-electron chi connectivity index (χ1n) is 6.86. The molecule has 114 valence electrons. The van der Waals surface area contributed by atoms with Crippen molar-refractivity contribution in [2.24, 2.45) is 0 Å². The molecule has 0 fully saturated rings. The molecule has 0 unspecified atom stereocenters. The van der Waals surface area contributed by atoms with E-state index in [1.165, 1.54) is 18.1 Å². The smallest absolute Gasteiger partial charge is 0.306 e. The van der Waals surface area contributed by atoms with Crippen molar-refractivity contribution in [2.45, 2.75) is 19.9 Å². The summed E-state index contributed by atoms with van der Waals surface area (Å²) in [6, 6.07) is 10.2. The number of methoxy groups -OCH3 is 1. The number of carbonyl (C=O) groups is 1. The predicted octanol–water partition coefficient (Wildman–Crippen LogP) is 3.04. The third-order valence-electron chi connectivity index (χ3n) is 3.44. The van der Waals surface area contributed by atoms with Crippen molar-refractivity contribution >= 4 is 29.3 Å². The largest absolute Gasteiger partial charge is 0.469 e. The summed E-state index contributed by atoms with van der Waals surface area (Å²) in [4.78, 5) is 17.8. The van der Waals surface area contributed by atoms with Gasteiger partial charge in [0.1, 0.15) is 0 Å². The highest BCUT2D eigenvalue weighted by molar-refractivity contribution is 5.85. The minimum absolute atomic E-state index is 0. The van der Waals surface area contributed by atoms with Gasteiger partial charge in [-0.15, -0.1) is 12.4 Å². The zero-order valence-electron chi connectivity index (χ0n) is 12.4. The average Bonchev–Trinajstić information content (AvgIpc) is 2.51. The first-order chi connectivity index (χ1) is 9.74. The lowest BCUT2D eigenvalue weighted by atomic mass is 10.1. The van der Waals surface area contributed by atoms with Gasteiger partial charge in [0.05, 0.1) is 19.0 Å². The Morgan fingerprint density at radius 1 is 1.29 bits per heavy atom. The number of aromatic nitrogens is 1. The van der Waals surface area contributed by atoms with Crippen LogP contribution in [0.3, 0.4) is 0 Å². The minimum Gasteiger partial charge on any atom is -0.469 e. The Hall–Kier alpha value is -1.65. The van der Waals surface area contributed by atoms with Crippen LogP contribution >= 0.6 is 12.4 Å². The van der Waals surface area contributed by atoms with Crippen LogP contribution in [0.4, 0.5) is 0 Å². The number of hydrogen-bond acceptors (Lipinski definition) is 4.